The molecule has 0 aromatic carbocycles. The van der Waals surface area contributed by atoms with E-state index in [4.69, 9.17) is 5.11 Å². The predicted molar refractivity (Wildman–Crippen MR) is 69.5 cm³/mol. The Morgan fingerprint density at radius 3 is 2.53 bits per heavy atom. The first-order valence-electron chi connectivity index (χ1n) is 5.96. The van der Waals surface area contributed by atoms with Crippen LogP contribution in [0.2, 0.25) is 0 Å². The summed E-state index contributed by atoms with van der Waals surface area (Å²) in [6.45, 7) is 5.35. The molecule has 2 amide bonds. The second-order valence-electron chi connectivity index (χ2n) is 5.26. The number of carbonyl (C=O) groups excluding carboxylic acids is 1. The van der Waals surface area contributed by atoms with Crippen molar-refractivity contribution < 1.29 is 14.7 Å². The Balaban J connectivity index is 2.67. The zero-order chi connectivity index (χ0) is 14.6. The summed E-state index contributed by atoms with van der Waals surface area (Å²) < 4.78 is 1.65. The van der Waals surface area contributed by atoms with Gasteiger partial charge in [0.25, 0.3) is 0 Å². The Hall–Kier alpha value is -2.05. The van der Waals surface area contributed by atoms with Gasteiger partial charge in [0.15, 0.2) is 0 Å². The fraction of sp³-hybridized carbons (Fsp3) is 0.583. The van der Waals surface area contributed by atoms with Crippen molar-refractivity contribution in [1.29, 1.82) is 0 Å². The Morgan fingerprint density at radius 1 is 1.47 bits per heavy atom. The van der Waals surface area contributed by atoms with Crippen molar-refractivity contribution in [3.05, 3.63) is 18.0 Å². The average molecular weight is 268 g/mol. The third-order valence-corrected chi connectivity index (χ3v) is 2.69. The molecule has 7 nitrogen and oxygen atoms in total. The standard InChI is InChI=1S/C12H20N4O3/c1-12(2,3)16(8-10(17)18)11(19)13-7-9-5-6-14-15(9)4/h5-6H,7-8H2,1-4H3,(H,13,19)(H,17,18). The van der Waals surface area contributed by atoms with Crippen LogP contribution in [-0.4, -0.2) is 43.9 Å². The average Bonchev–Trinajstić information content (AvgIpc) is 2.67. The van der Waals surface area contributed by atoms with Crippen LogP contribution >= 0.6 is 0 Å². The summed E-state index contributed by atoms with van der Waals surface area (Å²) in [5.74, 6) is -1.04. The molecule has 0 aliphatic carbocycles. The van der Waals surface area contributed by atoms with Gasteiger partial charge in [0, 0.05) is 18.8 Å². The van der Waals surface area contributed by atoms with E-state index < -0.39 is 17.5 Å². The summed E-state index contributed by atoms with van der Waals surface area (Å²) in [7, 11) is 1.78. The van der Waals surface area contributed by atoms with Gasteiger partial charge >= 0.3 is 12.0 Å². The number of aromatic nitrogens is 2. The van der Waals surface area contributed by atoms with E-state index >= 15 is 0 Å². The van der Waals surface area contributed by atoms with Crippen molar-refractivity contribution in [2.75, 3.05) is 6.54 Å². The van der Waals surface area contributed by atoms with E-state index in [9.17, 15) is 9.59 Å². The molecule has 0 aliphatic rings. The summed E-state index contributed by atoms with van der Waals surface area (Å²) >= 11 is 0. The van der Waals surface area contributed by atoms with Gasteiger partial charge in [-0.05, 0) is 26.8 Å². The highest BCUT2D eigenvalue weighted by Gasteiger charge is 2.28. The first kappa shape index (κ1) is 15.0. The van der Waals surface area contributed by atoms with Gasteiger partial charge in [0.1, 0.15) is 6.54 Å². The van der Waals surface area contributed by atoms with E-state index in [1.165, 1.54) is 4.90 Å². The number of hydrogen-bond acceptors (Lipinski definition) is 3. The molecule has 106 valence electrons. The van der Waals surface area contributed by atoms with E-state index in [-0.39, 0.29) is 6.54 Å². The molecule has 0 radical (unpaired) electrons. The number of nitrogens with one attached hydrogen (secondary N) is 1. The third-order valence-electron chi connectivity index (χ3n) is 2.69. The van der Waals surface area contributed by atoms with Gasteiger partial charge in [-0.2, -0.15) is 5.10 Å². The van der Waals surface area contributed by atoms with Crippen molar-refractivity contribution in [2.24, 2.45) is 7.05 Å². The van der Waals surface area contributed by atoms with Gasteiger partial charge in [-0.15, -0.1) is 0 Å². The molecule has 0 spiro atoms. The normalized spacial score (nSPS) is 11.2. The minimum atomic E-state index is -1.04. The molecule has 7 heteroatoms. The Labute approximate surface area is 112 Å². The lowest BCUT2D eigenvalue weighted by Crippen LogP contribution is -2.52. The molecule has 0 unspecified atom stereocenters. The lowest BCUT2D eigenvalue weighted by molar-refractivity contribution is -0.138. The van der Waals surface area contributed by atoms with Crippen LogP contribution in [0.4, 0.5) is 4.79 Å². The van der Waals surface area contributed by atoms with Gasteiger partial charge in [-0.1, -0.05) is 0 Å². The number of aliphatic carboxylic acids is 1. The Kier molecular flexibility index (Phi) is 4.52. The summed E-state index contributed by atoms with van der Waals surface area (Å²) in [5.41, 5.74) is 0.284. The quantitative estimate of drug-likeness (QED) is 0.846. The van der Waals surface area contributed by atoms with Gasteiger partial charge in [-0.3, -0.25) is 9.48 Å². The first-order valence-corrected chi connectivity index (χ1v) is 5.96. The van der Waals surface area contributed by atoms with E-state index in [1.807, 2.05) is 0 Å². The highest BCUT2D eigenvalue weighted by Crippen LogP contribution is 2.13. The topological polar surface area (TPSA) is 87.5 Å². The highest BCUT2D eigenvalue weighted by molar-refractivity contribution is 5.80. The van der Waals surface area contributed by atoms with Gasteiger partial charge in [0.2, 0.25) is 0 Å². The fourth-order valence-electron chi connectivity index (χ4n) is 1.59. The fourth-order valence-corrected chi connectivity index (χ4v) is 1.59. The second-order valence-corrected chi connectivity index (χ2v) is 5.26. The smallest absolute Gasteiger partial charge is 0.323 e. The van der Waals surface area contributed by atoms with E-state index in [0.717, 1.165) is 5.69 Å². The number of rotatable bonds is 4. The van der Waals surface area contributed by atoms with Crippen LogP contribution in [0.25, 0.3) is 0 Å². The Bertz CT molecular complexity index is 462. The maximum Gasteiger partial charge on any atom is 0.323 e. The minimum absolute atomic E-state index is 0.307. The molecule has 1 aromatic heterocycles. The van der Waals surface area contributed by atoms with Crippen LogP contribution in [0.1, 0.15) is 26.5 Å². The number of carboxylic acids is 1. The van der Waals surface area contributed by atoms with Gasteiger partial charge in [0.05, 0.1) is 12.2 Å². The number of amides is 2. The Morgan fingerprint density at radius 2 is 2.11 bits per heavy atom. The molecule has 0 aliphatic heterocycles. The number of carboxylic acid groups (broad SMARTS) is 1. The zero-order valence-corrected chi connectivity index (χ0v) is 11.7. The maximum atomic E-state index is 12.1. The van der Waals surface area contributed by atoms with Crippen molar-refractivity contribution in [1.82, 2.24) is 20.0 Å². The summed E-state index contributed by atoms with van der Waals surface area (Å²) in [5, 5.41) is 15.6. The van der Waals surface area contributed by atoms with Crippen LogP contribution in [0.15, 0.2) is 12.3 Å². The van der Waals surface area contributed by atoms with Crippen molar-refractivity contribution >= 4 is 12.0 Å². The van der Waals surface area contributed by atoms with Crippen molar-refractivity contribution in [2.45, 2.75) is 32.9 Å². The molecular formula is C12H20N4O3. The predicted octanol–water partition coefficient (Wildman–Crippen LogP) is 0.815. The molecule has 1 rings (SSSR count). The SMILES string of the molecule is Cn1nccc1CNC(=O)N(CC(=O)O)C(C)(C)C. The van der Waals surface area contributed by atoms with Crippen LogP contribution in [-0.2, 0) is 18.4 Å². The van der Waals surface area contributed by atoms with Crippen LogP contribution in [0.5, 0.6) is 0 Å². The molecule has 2 N–H and O–H groups in total. The highest BCUT2D eigenvalue weighted by atomic mass is 16.4. The molecule has 1 heterocycles. The molecule has 0 bridgehead atoms. The van der Waals surface area contributed by atoms with Crippen LogP contribution < -0.4 is 5.32 Å². The van der Waals surface area contributed by atoms with E-state index in [0.29, 0.717) is 6.54 Å². The summed E-state index contributed by atoms with van der Waals surface area (Å²) in [4.78, 5) is 24.1. The lowest BCUT2D eigenvalue weighted by atomic mass is 10.1. The molecular weight excluding hydrogens is 248 g/mol. The number of hydrogen-bond donors (Lipinski definition) is 2. The first-order chi connectivity index (χ1) is 8.71. The number of carbonyl (C=O) groups is 2. The van der Waals surface area contributed by atoms with E-state index in [1.54, 1.807) is 44.8 Å². The van der Waals surface area contributed by atoms with Crippen LogP contribution in [0, 0.1) is 0 Å². The van der Waals surface area contributed by atoms with E-state index in [2.05, 4.69) is 10.4 Å². The summed E-state index contributed by atoms with van der Waals surface area (Å²) in [6.07, 6.45) is 1.64. The zero-order valence-electron chi connectivity index (χ0n) is 11.7. The number of urea groups is 1. The maximum absolute atomic E-state index is 12.1. The van der Waals surface area contributed by atoms with Crippen molar-refractivity contribution in [3.8, 4) is 0 Å². The third kappa shape index (κ3) is 4.27. The molecule has 0 fully saturated rings. The number of aryl methyl sites for hydroxylation is 1. The largest absolute Gasteiger partial charge is 0.480 e. The lowest BCUT2D eigenvalue weighted by Gasteiger charge is -2.34. The van der Waals surface area contributed by atoms with Crippen molar-refractivity contribution in [3.63, 3.8) is 0 Å². The monoisotopic (exact) mass is 268 g/mol. The molecule has 0 saturated carbocycles. The van der Waals surface area contributed by atoms with Gasteiger partial charge in [-0.25, -0.2) is 4.79 Å². The van der Waals surface area contributed by atoms with Crippen LogP contribution in [0.3, 0.4) is 0 Å². The minimum Gasteiger partial charge on any atom is -0.480 e. The molecule has 0 saturated heterocycles. The summed E-state index contributed by atoms with van der Waals surface area (Å²) in [6, 6.07) is 1.38. The molecule has 0 atom stereocenters. The molecule has 19 heavy (non-hydrogen) atoms. The number of nitrogens with zero attached hydrogens (tertiary/aromatic N) is 3. The molecule has 1 aromatic rings. The second kappa shape index (κ2) is 5.73. The van der Waals surface area contributed by atoms with Gasteiger partial charge < -0.3 is 15.3 Å².